The average molecular weight is 323 g/mol. The van der Waals surface area contributed by atoms with Crippen molar-refractivity contribution in [2.45, 2.75) is 13.3 Å². The van der Waals surface area contributed by atoms with Gasteiger partial charge in [-0.25, -0.2) is 9.37 Å². The lowest BCUT2D eigenvalue weighted by Crippen LogP contribution is -2.27. The normalized spacial score (nSPS) is 10.6. The molecule has 0 saturated carbocycles. The molecule has 2 aromatic carbocycles. The van der Waals surface area contributed by atoms with Crippen molar-refractivity contribution in [2.75, 3.05) is 6.54 Å². The van der Waals surface area contributed by atoms with Gasteiger partial charge in [0.05, 0.1) is 17.6 Å². The molecular formula is C19H18FN3O. The van der Waals surface area contributed by atoms with Gasteiger partial charge in [-0.05, 0) is 43.2 Å². The largest absolute Gasteiger partial charge is 0.352 e. The fourth-order valence-electron chi connectivity index (χ4n) is 2.53. The smallest absolute Gasteiger partial charge is 0.253 e. The maximum Gasteiger partial charge on any atom is 0.253 e. The number of aromatic nitrogens is 2. The molecule has 122 valence electrons. The number of imidazole rings is 1. The molecule has 5 heteroatoms. The highest BCUT2D eigenvalue weighted by Crippen LogP contribution is 2.16. The number of nitrogens with one attached hydrogen (secondary N) is 1. The van der Waals surface area contributed by atoms with Crippen LogP contribution in [0, 0.1) is 12.7 Å². The molecule has 0 fully saturated rings. The lowest BCUT2D eigenvalue weighted by Gasteiger charge is -2.12. The van der Waals surface area contributed by atoms with Crippen molar-refractivity contribution in [2.24, 2.45) is 0 Å². The third-order valence-corrected chi connectivity index (χ3v) is 3.79. The van der Waals surface area contributed by atoms with Crippen LogP contribution in [-0.2, 0) is 6.42 Å². The van der Waals surface area contributed by atoms with Crippen LogP contribution in [0.3, 0.4) is 0 Å². The number of nitrogens with zero attached hydrogens (tertiary/aromatic N) is 2. The molecule has 1 aromatic heterocycles. The summed E-state index contributed by atoms with van der Waals surface area (Å²) in [4.78, 5) is 16.6. The Morgan fingerprint density at radius 3 is 2.71 bits per heavy atom. The van der Waals surface area contributed by atoms with Gasteiger partial charge in [0.2, 0.25) is 0 Å². The van der Waals surface area contributed by atoms with Crippen molar-refractivity contribution in [3.05, 3.63) is 83.7 Å². The SMILES string of the molecule is Cc1ccc(-n2ccnc2)c(C(=O)NCCc2ccc(F)cc2)c1. The summed E-state index contributed by atoms with van der Waals surface area (Å²) < 4.78 is 14.7. The second-order valence-corrected chi connectivity index (χ2v) is 5.62. The van der Waals surface area contributed by atoms with Gasteiger partial charge in [-0.15, -0.1) is 0 Å². The second kappa shape index (κ2) is 7.08. The van der Waals surface area contributed by atoms with Gasteiger partial charge in [0.25, 0.3) is 5.91 Å². The van der Waals surface area contributed by atoms with Gasteiger partial charge in [0.1, 0.15) is 5.82 Å². The summed E-state index contributed by atoms with van der Waals surface area (Å²) in [5, 5.41) is 2.93. The van der Waals surface area contributed by atoms with Crippen molar-refractivity contribution in [3.63, 3.8) is 0 Å². The molecule has 0 aliphatic carbocycles. The molecular weight excluding hydrogens is 305 g/mol. The highest BCUT2D eigenvalue weighted by molar-refractivity contribution is 5.98. The maximum absolute atomic E-state index is 12.9. The minimum absolute atomic E-state index is 0.135. The summed E-state index contributed by atoms with van der Waals surface area (Å²) in [6.07, 6.45) is 5.80. The van der Waals surface area contributed by atoms with Gasteiger partial charge in [-0.1, -0.05) is 23.8 Å². The molecule has 3 rings (SSSR count). The Labute approximate surface area is 140 Å². The summed E-state index contributed by atoms with van der Waals surface area (Å²) in [5.41, 5.74) is 3.39. The standard InChI is InChI=1S/C19H18FN3O/c1-14-2-7-18(23-11-10-21-13-23)17(12-14)19(24)22-9-8-15-3-5-16(20)6-4-15/h2-7,10-13H,8-9H2,1H3,(H,22,24). The lowest BCUT2D eigenvalue weighted by molar-refractivity contribution is 0.0954. The Morgan fingerprint density at radius 2 is 2.00 bits per heavy atom. The molecule has 1 amide bonds. The summed E-state index contributed by atoms with van der Waals surface area (Å²) in [6, 6.07) is 12.0. The first kappa shape index (κ1) is 15.9. The van der Waals surface area contributed by atoms with E-state index < -0.39 is 0 Å². The van der Waals surface area contributed by atoms with Crippen LogP contribution in [0.1, 0.15) is 21.5 Å². The number of carbonyl (C=O) groups is 1. The summed E-state index contributed by atoms with van der Waals surface area (Å²) in [7, 11) is 0. The van der Waals surface area contributed by atoms with E-state index in [0.717, 1.165) is 16.8 Å². The number of carbonyl (C=O) groups excluding carboxylic acids is 1. The zero-order valence-electron chi connectivity index (χ0n) is 13.4. The van der Waals surface area contributed by atoms with Gasteiger partial charge in [-0.2, -0.15) is 0 Å². The number of aryl methyl sites for hydroxylation is 1. The van der Waals surface area contributed by atoms with E-state index in [1.54, 1.807) is 30.9 Å². The van der Waals surface area contributed by atoms with E-state index in [-0.39, 0.29) is 11.7 Å². The first-order chi connectivity index (χ1) is 11.6. The van der Waals surface area contributed by atoms with Crippen LogP contribution in [0.25, 0.3) is 5.69 Å². The molecule has 0 aliphatic heterocycles. The van der Waals surface area contributed by atoms with E-state index in [0.29, 0.717) is 18.5 Å². The number of hydrogen-bond acceptors (Lipinski definition) is 2. The summed E-state index contributed by atoms with van der Waals surface area (Å²) in [6.45, 7) is 2.44. The monoisotopic (exact) mass is 323 g/mol. The molecule has 0 spiro atoms. The Morgan fingerprint density at radius 1 is 1.21 bits per heavy atom. The van der Waals surface area contributed by atoms with Gasteiger partial charge in [-0.3, -0.25) is 4.79 Å². The van der Waals surface area contributed by atoms with Crippen molar-refractivity contribution in [1.82, 2.24) is 14.9 Å². The second-order valence-electron chi connectivity index (χ2n) is 5.62. The Kier molecular flexibility index (Phi) is 4.70. The van der Waals surface area contributed by atoms with E-state index in [9.17, 15) is 9.18 Å². The van der Waals surface area contributed by atoms with E-state index in [2.05, 4.69) is 10.3 Å². The molecule has 1 N–H and O–H groups in total. The first-order valence-electron chi connectivity index (χ1n) is 7.75. The fourth-order valence-corrected chi connectivity index (χ4v) is 2.53. The number of benzene rings is 2. The number of amides is 1. The molecule has 0 bridgehead atoms. The number of rotatable bonds is 5. The fraction of sp³-hybridized carbons (Fsp3) is 0.158. The topological polar surface area (TPSA) is 46.9 Å². The summed E-state index contributed by atoms with van der Waals surface area (Å²) in [5.74, 6) is -0.392. The molecule has 0 radical (unpaired) electrons. The quantitative estimate of drug-likeness (QED) is 0.783. The Balaban J connectivity index is 1.70. The van der Waals surface area contributed by atoms with Crippen LogP contribution in [0.4, 0.5) is 4.39 Å². The van der Waals surface area contributed by atoms with Crippen LogP contribution < -0.4 is 5.32 Å². The minimum Gasteiger partial charge on any atom is -0.352 e. The molecule has 4 nitrogen and oxygen atoms in total. The molecule has 0 atom stereocenters. The van der Waals surface area contributed by atoms with Crippen molar-refractivity contribution >= 4 is 5.91 Å². The highest BCUT2D eigenvalue weighted by atomic mass is 19.1. The van der Waals surface area contributed by atoms with Gasteiger partial charge in [0.15, 0.2) is 0 Å². The zero-order chi connectivity index (χ0) is 16.9. The minimum atomic E-state index is -0.257. The van der Waals surface area contributed by atoms with Gasteiger partial charge in [0, 0.05) is 18.9 Å². The van der Waals surface area contributed by atoms with Gasteiger partial charge < -0.3 is 9.88 Å². The number of hydrogen-bond donors (Lipinski definition) is 1. The van der Waals surface area contributed by atoms with Crippen molar-refractivity contribution in [3.8, 4) is 5.69 Å². The third kappa shape index (κ3) is 3.68. The van der Waals surface area contributed by atoms with E-state index >= 15 is 0 Å². The van der Waals surface area contributed by atoms with Crippen LogP contribution in [0.2, 0.25) is 0 Å². The summed E-state index contributed by atoms with van der Waals surface area (Å²) >= 11 is 0. The van der Waals surface area contributed by atoms with E-state index in [1.165, 1.54) is 12.1 Å². The van der Waals surface area contributed by atoms with Gasteiger partial charge >= 0.3 is 0 Å². The highest BCUT2D eigenvalue weighted by Gasteiger charge is 2.12. The third-order valence-electron chi connectivity index (χ3n) is 3.79. The lowest BCUT2D eigenvalue weighted by atomic mass is 10.1. The zero-order valence-corrected chi connectivity index (χ0v) is 13.4. The molecule has 0 saturated heterocycles. The maximum atomic E-state index is 12.9. The van der Waals surface area contributed by atoms with Crippen molar-refractivity contribution < 1.29 is 9.18 Å². The van der Waals surface area contributed by atoms with Crippen LogP contribution in [0.15, 0.2) is 61.2 Å². The molecule has 3 aromatic rings. The average Bonchev–Trinajstić information content (AvgIpc) is 3.11. The Hall–Kier alpha value is -2.95. The molecule has 0 aliphatic rings. The van der Waals surface area contributed by atoms with Crippen LogP contribution >= 0.6 is 0 Å². The van der Waals surface area contributed by atoms with Crippen LogP contribution in [-0.4, -0.2) is 22.0 Å². The molecule has 1 heterocycles. The molecule has 24 heavy (non-hydrogen) atoms. The first-order valence-corrected chi connectivity index (χ1v) is 7.75. The van der Waals surface area contributed by atoms with Crippen LogP contribution in [0.5, 0.6) is 0 Å². The van der Waals surface area contributed by atoms with E-state index in [4.69, 9.17) is 0 Å². The Bertz CT molecular complexity index is 826. The van der Waals surface area contributed by atoms with Crippen molar-refractivity contribution in [1.29, 1.82) is 0 Å². The predicted octanol–water partition coefficient (Wildman–Crippen LogP) is 3.29. The van der Waals surface area contributed by atoms with E-state index in [1.807, 2.05) is 29.7 Å². The number of halogens is 1. The molecule has 0 unspecified atom stereocenters. The predicted molar refractivity (Wildman–Crippen MR) is 90.7 cm³/mol.